The van der Waals surface area contributed by atoms with Crippen LogP contribution in [0.4, 0.5) is 4.39 Å². The van der Waals surface area contributed by atoms with Gasteiger partial charge in [0.1, 0.15) is 22.8 Å². The molecule has 0 saturated heterocycles. The van der Waals surface area contributed by atoms with Crippen LogP contribution in [0.3, 0.4) is 0 Å². The number of ether oxygens (including phenoxy) is 1. The Kier molecular flexibility index (Phi) is 11.8. The number of carbonyl (C=O) groups is 2. The maximum absolute atomic E-state index is 14.2. The fourth-order valence-electron chi connectivity index (χ4n) is 5.50. The van der Waals surface area contributed by atoms with Crippen LogP contribution >= 0.6 is 11.3 Å². The topological polar surface area (TPSA) is 125 Å². The van der Waals surface area contributed by atoms with Gasteiger partial charge in [-0.15, -0.1) is 11.3 Å². The number of rotatable bonds is 14. The van der Waals surface area contributed by atoms with Crippen molar-refractivity contribution in [3.8, 4) is 22.8 Å². The lowest BCUT2D eigenvalue weighted by Crippen LogP contribution is -2.44. The van der Waals surface area contributed by atoms with E-state index in [1.807, 2.05) is 25.1 Å². The quantitative estimate of drug-likeness (QED) is 0.127. The molecule has 1 fully saturated rings. The van der Waals surface area contributed by atoms with Crippen LogP contribution < -0.4 is 20.7 Å². The summed E-state index contributed by atoms with van der Waals surface area (Å²) in [6.45, 7) is 3.80. The minimum absolute atomic E-state index is 0.00555. The van der Waals surface area contributed by atoms with E-state index in [1.165, 1.54) is 16.9 Å². The minimum Gasteiger partial charge on any atom is -0.438 e. The SMILES string of the molecule is Cc1nc(C(=O)NC2CCC(NC(=O)c3cc(F)cnc3Oc3cccc(-c4ccc(CCCNCCCO)cc4)c3)CC2)cs1. The van der Waals surface area contributed by atoms with Gasteiger partial charge in [0.2, 0.25) is 5.88 Å². The van der Waals surface area contributed by atoms with Gasteiger partial charge in [-0.25, -0.2) is 14.4 Å². The fourth-order valence-corrected chi connectivity index (χ4v) is 6.10. The predicted octanol–water partition coefficient (Wildman–Crippen LogP) is 5.82. The zero-order valence-corrected chi connectivity index (χ0v) is 26.7. The molecule has 0 radical (unpaired) electrons. The second kappa shape index (κ2) is 16.4. The number of aromatic nitrogens is 2. The third-order valence-corrected chi connectivity index (χ3v) is 8.75. The second-order valence-electron chi connectivity index (χ2n) is 11.5. The number of aliphatic hydroxyl groups is 1. The van der Waals surface area contributed by atoms with Crippen LogP contribution in [0.2, 0.25) is 0 Å². The molecular weight excluding hydrogens is 605 g/mol. The summed E-state index contributed by atoms with van der Waals surface area (Å²) in [5.41, 5.74) is 3.66. The van der Waals surface area contributed by atoms with Gasteiger partial charge < -0.3 is 25.8 Å². The molecule has 242 valence electrons. The molecule has 1 saturated carbocycles. The maximum Gasteiger partial charge on any atom is 0.270 e. The van der Waals surface area contributed by atoms with Crippen LogP contribution in [-0.2, 0) is 6.42 Å². The molecule has 1 aliphatic carbocycles. The van der Waals surface area contributed by atoms with Crippen molar-refractivity contribution in [2.75, 3.05) is 19.7 Å². The Morgan fingerprint density at radius 2 is 1.67 bits per heavy atom. The van der Waals surface area contributed by atoms with Crippen molar-refractivity contribution < 1.29 is 23.8 Å². The van der Waals surface area contributed by atoms with Gasteiger partial charge in [0.25, 0.3) is 11.8 Å². The minimum atomic E-state index is -0.629. The Morgan fingerprint density at radius 3 is 2.37 bits per heavy atom. The molecule has 2 aromatic heterocycles. The summed E-state index contributed by atoms with van der Waals surface area (Å²) in [5.74, 6) is -0.757. The number of aliphatic hydroxyl groups excluding tert-OH is 1. The highest BCUT2D eigenvalue weighted by Crippen LogP contribution is 2.29. The Morgan fingerprint density at radius 1 is 0.957 bits per heavy atom. The number of nitrogens with one attached hydrogen (secondary N) is 3. The molecule has 9 nitrogen and oxygen atoms in total. The number of nitrogens with zero attached hydrogens (tertiary/aromatic N) is 2. The summed E-state index contributed by atoms with van der Waals surface area (Å²) < 4.78 is 20.3. The molecule has 1 aliphatic rings. The van der Waals surface area contributed by atoms with E-state index in [0.29, 0.717) is 37.1 Å². The average Bonchev–Trinajstić information content (AvgIpc) is 3.51. The lowest BCUT2D eigenvalue weighted by molar-refractivity contribution is 0.0888. The molecule has 4 N–H and O–H groups in total. The van der Waals surface area contributed by atoms with Gasteiger partial charge in [-0.3, -0.25) is 9.59 Å². The molecule has 0 bridgehead atoms. The van der Waals surface area contributed by atoms with Crippen molar-refractivity contribution >= 4 is 23.2 Å². The molecular formula is C35H40FN5O4S. The van der Waals surface area contributed by atoms with Gasteiger partial charge in [0.15, 0.2) is 0 Å². The highest BCUT2D eigenvalue weighted by atomic mass is 32.1. The number of carbonyl (C=O) groups excluding carboxylic acids is 2. The van der Waals surface area contributed by atoms with Crippen LogP contribution in [0.5, 0.6) is 11.6 Å². The summed E-state index contributed by atoms with van der Waals surface area (Å²) in [6.07, 6.45) is 6.55. The third-order valence-electron chi connectivity index (χ3n) is 7.98. The number of hydrogen-bond acceptors (Lipinski definition) is 8. The van der Waals surface area contributed by atoms with E-state index in [9.17, 15) is 14.0 Å². The lowest BCUT2D eigenvalue weighted by atomic mass is 9.91. The first-order valence-electron chi connectivity index (χ1n) is 15.8. The fraction of sp³-hybridized carbons (Fsp3) is 0.371. The Bertz CT molecular complexity index is 1600. The normalized spacial score (nSPS) is 16.2. The van der Waals surface area contributed by atoms with Gasteiger partial charge in [-0.05, 0) is 99.8 Å². The molecule has 0 spiro atoms. The lowest BCUT2D eigenvalue weighted by Gasteiger charge is -2.29. The van der Waals surface area contributed by atoms with Gasteiger partial charge >= 0.3 is 0 Å². The van der Waals surface area contributed by atoms with Crippen LogP contribution in [-0.4, -0.2) is 58.7 Å². The molecule has 5 rings (SSSR count). The summed E-state index contributed by atoms with van der Waals surface area (Å²) in [7, 11) is 0. The maximum atomic E-state index is 14.2. The van der Waals surface area contributed by atoms with Crippen LogP contribution in [0.1, 0.15) is 69.9 Å². The summed E-state index contributed by atoms with van der Waals surface area (Å²) in [4.78, 5) is 34.1. The molecule has 2 amide bonds. The molecule has 2 aromatic carbocycles. The zero-order chi connectivity index (χ0) is 32.3. The standard InChI is InChI=1S/C35H40FN5O4S/c1-23-39-32(22-46-23)34(44)41-29-14-12-28(13-15-29)40-33(43)31-20-27(36)21-38-35(31)45-30-7-2-6-26(19-30)25-10-8-24(9-11-25)5-3-16-37-17-4-18-42/h2,6-11,19-22,28-29,37,42H,3-5,12-18H2,1H3,(H,40,43)(H,41,44). The smallest absolute Gasteiger partial charge is 0.270 e. The van der Waals surface area contributed by atoms with Crippen molar-refractivity contribution in [3.05, 3.63) is 93.8 Å². The molecule has 2 heterocycles. The first-order valence-corrected chi connectivity index (χ1v) is 16.6. The summed E-state index contributed by atoms with van der Waals surface area (Å²) >= 11 is 1.44. The van der Waals surface area contributed by atoms with Crippen molar-refractivity contribution in [1.82, 2.24) is 25.9 Å². The number of aryl methyl sites for hydroxylation is 2. The number of benzene rings is 2. The van der Waals surface area contributed by atoms with Crippen LogP contribution in [0.25, 0.3) is 11.1 Å². The molecule has 46 heavy (non-hydrogen) atoms. The van der Waals surface area contributed by atoms with E-state index in [2.05, 4.69) is 50.2 Å². The molecule has 4 aromatic rings. The van der Waals surface area contributed by atoms with E-state index < -0.39 is 11.7 Å². The number of halogens is 1. The van der Waals surface area contributed by atoms with Gasteiger partial charge in [0, 0.05) is 24.1 Å². The second-order valence-corrected chi connectivity index (χ2v) is 12.6. The Balaban J connectivity index is 1.16. The van der Waals surface area contributed by atoms with Crippen LogP contribution in [0.15, 0.2) is 66.2 Å². The van der Waals surface area contributed by atoms with E-state index in [-0.39, 0.29) is 36.0 Å². The number of amides is 2. The van der Waals surface area contributed by atoms with Gasteiger partial charge in [-0.1, -0.05) is 36.4 Å². The first kappa shape index (κ1) is 33.2. The zero-order valence-electron chi connectivity index (χ0n) is 25.9. The molecule has 0 aliphatic heterocycles. The first-order chi connectivity index (χ1) is 22.4. The van der Waals surface area contributed by atoms with Crippen LogP contribution in [0, 0.1) is 12.7 Å². The molecule has 11 heteroatoms. The predicted molar refractivity (Wildman–Crippen MR) is 177 cm³/mol. The highest BCUT2D eigenvalue weighted by Gasteiger charge is 2.26. The van der Waals surface area contributed by atoms with Crippen molar-refractivity contribution in [2.24, 2.45) is 0 Å². The molecule has 0 unspecified atom stereocenters. The number of pyridine rings is 1. The Hall–Kier alpha value is -4.19. The van der Waals surface area contributed by atoms with E-state index in [1.54, 1.807) is 11.4 Å². The van der Waals surface area contributed by atoms with E-state index in [4.69, 9.17) is 9.84 Å². The van der Waals surface area contributed by atoms with Crippen molar-refractivity contribution in [2.45, 2.75) is 64.0 Å². The van der Waals surface area contributed by atoms with Crippen molar-refractivity contribution in [3.63, 3.8) is 0 Å². The van der Waals surface area contributed by atoms with E-state index >= 15 is 0 Å². The number of thiazole rings is 1. The highest BCUT2D eigenvalue weighted by molar-refractivity contribution is 7.09. The largest absolute Gasteiger partial charge is 0.438 e. The van der Waals surface area contributed by atoms with E-state index in [0.717, 1.165) is 60.7 Å². The molecule has 0 atom stereocenters. The van der Waals surface area contributed by atoms with Gasteiger partial charge in [-0.2, -0.15) is 0 Å². The summed E-state index contributed by atoms with van der Waals surface area (Å²) in [6, 6.07) is 16.9. The Labute approximate surface area is 272 Å². The number of hydrogen-bond donors (Lipinski definition) is 4. The van der Waals surface area contributed by atoms with Crippen molar-refractivity contribution in [1.29, 1.82) is 0 Å². The third kappa shape index (κ3) is 9.41. The van der Waals surface area contributed by atoms with Gasteiger partial charge in [0.05, 0.1) is 11.2 Å². The monoisotopic (exact) mass is 645 g/mol. The average molecular weight is 646 g/mol. The summed E-state index contributed by atoms with van der Waals surface area (Å²) in [5, 5.41) is 20.8.